The van der Waals surface area contributed by atoms with Gasteiger partial charge in [0, 0.05) is 9.90 Å². The molecule has 8 heteroatoms. The third-order valence-corrected chi connectivity index (χ3v) is 5.95. The normalized spacial score (nSPS) is 13.7. The van der Waals surface area contributed by atoms with E-state index in [0.717, 1.165) is 29.7 Å². The van der Waals surface area contributed by atoms with Gasteiger partial charge in [-0.05, 0) is 43.4 Å². The van der Waals surface area contributed by atoms with E-state index in [4.69, 9.17) is 22.1 Å². The summed E-state index contributed by atoms with van der Waals surface area (Å²) in [5.41, 5.74) is 7.40. The van der Waals surface area contributed by atoms with Gasteiger partial charge in [-0.15, -0.1) is 11.3 Å². The van der Waals surface area contributed by atoms with Crippen LogP contribution in [0.4, 0.5) is 5.00 Å². The maximum Gasteiger partial charge on any atom is 0.311 e. The molecule has 1 aliphatic rings. The van der Waals surface area contributed by atoms with E-state index in [-0.39, 0.29) is 6.42 Å². The van der Waals surface area contributed by atoms with Gasteiger partial charge in [0.2, 0.25) is 0 Å². The fourth-order valence-electron chi connectivity index (χ4n) is 3.06. The minimum absolute atomic E-state index is 0.0306. The van der Waals surface area contributed by atoms with E-state index in [1.807, 2.05) is 0 Å². The number of esters is 1. The molecule has 6 nitrogen and oxygen atoms in total. The number of ether oxygens (including phenoxy) is 1. The molecule has 0 aliphatic heterocycles. The average molecular weight is 407 g/mol. The van der Waals surface area contributed by atoms with Crippen LogP contribution >= 0.6 is 22.9 Å². The Balaban J connectivity index is 1.64. The third-order valence-electron chi connectivity index (χ3n) is 4.37. The van der Waals surface area contributed by atoms with Gasteiger partial charge < -0.3 is 15.8 Å². The Hall–Kier alpha value is -2.38. The summed E-state index contributed by atoms with van der Waals surface area (Å²) in [4.78, 5) is 37.4. The minimum Gasteiger partial charge on any atom is -0.452 e. The number of thiophene rings is 1. The lowest BCUT2D eigenvalue weighted by molar-refractivity contribution is -0.152. The van der Waals surface area contributed by atoms with E-state index in [0.29, 0.717) is 21.2 Å². The molecule has 0 saturated heterocycles. The van der Waals surface area contributed by atoms with Gasteiger partial charge in [-0.2, -0.15) is 0 Å². The van der Waals surface area contributed by atoms with Crippen molar-refractivity contribution in [1.82, 2.24) is 0 Å². The highest BCUT2D eigenvalue weighted by Gasteiger charge is 2.27. The van der Waals surface area contributed by atoms with E-state index in [1.54, 1.807) is 24.3 Å². The van der Waals surface area contributed by atoms with Gasteiger partial charge >= 0.3 is 5.97 Å². The predicted octanol–water partition coefficient (Wildman–Crippen LogP) is 3.10. The summed E-state index contributed by atoms with van der Waals surface area (Å²) in [7, 11) is 0. The van der Waals surface area contributed by atoms with Crippen LogP contribution in [0, 0.1) is 0 Å². The van der Waals surface area contributed by atoms with Crippen molar-refractivity contribution < 1.29 is 19.1 Å². The molecule has 1 aromatic carbocycles. The van der Waals surface area contributed by atoms with Crippen molar-refractivity contribution in [2.45, 2.75) is 38.7 Å². The molecule has 2 aromatic rings. The summed E-state index contributed by atoms with van der Waals surface area (Å²) < 4.78 is 5.20. The third kappa shape index (κ3) is 4.31. The summed E-state index contributed by atoms with van der Waals surface area (Å²) in [5.74, 6) is -1.63. The van der Waals surface area contributed by atoms with Crippen LogP contribution in [0.5, 0.6) is 0 Å². The van der Waals surface area contributed by atoms with Crippen molar-refractivity contribution in [2.75, 3.05) is 5.32 Å². The Morgan fingerprint density at radius 1 is 1.30 bits per heavy atom. The molecule has 1 atom stereocenters. The number of amides is 2. The molecule has 1 aliphatic carbocycles. The number of hydrogen-bond donors (Lipinski definition) is 2. The first-order valence-corrected chi connectivity index (χ1v) is 9.74. The van der Waals surface area contributed by atoms with Crippen LogP contribution in [0.3, 0.4) is 0 Å². The zero-order chi connectivity index (χ0) is 19.6. The zero-order valence-electron chi connectivity index (χ0n) is 14.7. The monoisotopic (exact) mass is 406 g/mol. The zero-order valence-corrected chi connectivity index (χ0v) is 16.3. The van der Waals surface area contributed by atoms with Crippen LogP contribution in [-0.2, 0) is 33.6 Å². The van der Waals surface area contributed by atoms with Crippen molar-refractivity contribution in [3.05, 3.63) is 50.9 Å². The van der Waals surface area contributed by atoms with Gasteiger partial charge in [0.15, 0.2) is 6.10 Å². The largest absolute Gasteiger partial charge is 0.452 e. The number of benzene rings is 1. The van der Waals surface area contributed by atoms with Crippen LogP contribution in [0.1, 0.15) is 39.7 Å². The van der Waals surface area contributed by atoms with Crippen LogP contribution in [-0.4, -0.2) is 23.9 Å². The van der Waals surface area contributed by atoms with E-state index in [9.17, 15) is 14.4 Å². The second-order valence-electron chi connectivity index (χ2n) is 6.32. The highest BCUT2D eigenvalue weighted by Crippen LogP contribution is 2.38. The molecule has 0 bridgehead atoms. The van der Waals surface area contributed by atoms with Crippen molar-refractivity contribution in [3.63, 3.8) is 0 Å². The van der Waals surface area contributed by atoms with Gasteiger partial charge in [-0.3, -0.25) is 14.4 Å². The number of carbonyl (C=O) groups is 3. The lowest BCUT2D eigenvalue weighted by Crippen LogP contribution is -2.31. The SMILES string of the molecule is C[C@@H](OC(=O)Cc1ccccc1Cl)C(=O)Nc1sc2c(c1C(N)=O)CCC2. The first-order valence-electron chi connectivity index (χ1n) is 8.55. The number of fused-ring (bicyclic) bond motifs is 1. The lowest BCUT2D eigenvalue weighted by atomic mass is 10.1. The molecule has 0 spiro atoms. The average Bonchev–Trinajstić information content (AvgIpc) is 3.16. The molecule has 3 rings (SSSR count). The second kappa shape index (κ2) is 8.10. The van der Waals surface area contributed by atoms with E-state index in [1.165, 1.54) is 18.3 Å². The van der Waals surface area contributed by atoms with Crippen LogP contribution in [0.2, 0.25) is 5.02 Å². The molecule has 27 heavy (non-hydrogen) atoms. The lowest BCUT2D eigenvalue weighted by Gasteiger charge is -2.14. The number of hydrogen-bond acceptors (Lipinski definition) is 5. The van der Waals surface area contributed by atoms with Crippen molar-refractivity contribution >= 4 is 45.7 Å². The molecule has 0 unspecified atom stereocenters. The Morgan fingerprint density at radius 3 is 2.74 bits per heavy atom. The van der Waals surface area contributed by atoms with Crippen molar-refractivity contribution in [2.24, 2.45) is 5.73 Å². The molecule has 3 N–H and O–H groups in total. The van der Waals surface area contributed by atoms with Crippen LogP contribution in [0.15, 0.2) is 24.3 Å². The number of primary amides is 1. The second-order valence-corrected chi connectivity index (χ2v) is 7.83. The topological polar surface area (TPSA) is 98.5 Å². The number of nitrogens with one attached hydrogen (secondary N) is 1. The molecule has 2 amide bonds. The molecule has 0 radical (unpaired) electrons. The summed E-state index contributed by atoms with van der Waals surface area (Å²) in [6.45, 7) is 1.48. The molecule has 142 valence electrons. The number of rotatable bonds is 6. The fraction of sp³-hybridized carbons (Fsp3) is 0.316. The molecule has 1 aromatic heterocycles. The van der Waals surface area contributed by atoms with Gasteiger partial charge in [0.05, 0.1) is 12.0 Å². The first kappa shape index (κ1) is 19.4. The Kier molecular flexibility index (Phi) is 5.82. The van der Waals surface area contributed by atoms with E-state index in [2.05, 4.69) is 5.32 Å². The summed E-state index contributed by atoms with van der Waals surface area (Å²) in [6.07, 6.45) is 1.58. The highest BCUT2D eigenvalue weighted by atomic mass is 35.5. The maximum atomic E-state index is 12.4. The smallest absolute Gasteiger partial charge is 0.311 e. The quantitative estimate of drug-likeness (QED) is 0.720. The first-order chi connectivity index (χ1) is 12.9. The number of halogens is 1. The number of nitrogens with two attached hydrogens (primary N) is 1. The summed E-state index contributed by atoms with van der Waals surface area (Å²) in [6, 6.07) is 6.94. The van der Waals surface area contributed by atoms with Gasteiger partial charge in [0.1, 0.15) is 5.00 Å². The minimum atomic E-state index is -1.02. The van der Waals surface area contributed by atoms with Gasteiger partial charge in [-0.1, -0.05) is 29.8 Å². The predicted molar refractivity (Wildman–Crippen MR) is 104 cm³/mol. The molecular weight excluding hydrogens is 388 g/mol. The van der Waals surface area contributed by atoms with Crippen molar-refractivity contribution in [1.29, 1.82) is 0 Å². The fourth-order valence-corrected chi connectivity index (χ4v) is 4.56. The van der Waals surface area contributed by atoms with Crippen LogP contribution in [0.25, 0.3) is 0 Å². The Bertz CT molecular complexity index is 909. The van der Waals surface area contributed by atoms with E-state index >= 15 is 0 Å². The Labute approximate surface area is 165 Å². The molecule has 0 saturated carbocycles. The number of carbonyl (C=O) groups excluding carboxylic acids is 3. The van der Waals surface area contributed by atoms with E-state index < -0.39 is 23.9 Å². The maximum absolute atomic E-state index is 12.4. The van der Waals surface area contributed by atoms with Gasteiger partial charge in [-0.25, -0.2) is 0 Å². The standard InChI is InChI=1S/C19H19ClN2O4S/c1-10(26-15(23)9-11-5-2-3-7-13(11)20)18(25)22-19-16(17(21)24)12-6-4-8-14(12)27-19/h2-3,5,7,10H,4,6,8-9H2,1H3,(H2,21,24)(H,22,25)/t10-/m1/s1. The Morgan fingerprint density at radius 2 is 2.04 bits per heavy atom. The number of aryl methyl sites for hydroxylation is 1. The van der Waals surface area contributed by atoms with Crippen LogP contribution < -0.4 is 11.1 Å². The van der Waals surface area contributed by atoms with Gasteiger partial charge in [0.25, 0.3) is 11.8 Å². The molecule has 1 heterocycles. The number of anilines is 1. The summed E-state index contributed by atoms with van der Waals surface area (Å²) >= 11 is 7.38. The van der Waals surface area contributed by atoms with Crippen molar-refractivity contribution in [3.8, 4) is 0 Å². The molecule has 0 fully saturated rings. The highest BCUT2D eigenvalue weighted by molar-refractivity contribution is 7.17. The summed E-state index contributed by atoms with van der Waals surface area (Å²) in [5, 5.41) is 3.56. The molecular formula is C19H19ClN2O4S.